The number of fused-ring (bicyclic) bond motifs is 2. The first-order valence-electron chi connectivity index (χ1n) is 10.3. The molecule has 2 atom stereocenters. The van der Waals surface area contributed by atoms with Gasteiger partial charge in [-0.15, -0.1) is 0 Å². The van der Waals surface area contributed by atoms with E-state index in [1.807, 2.05) is 12.2 Å². The second-order valence-corrected chi connectivity index (χ2v) is 8.48. The van der Waals surface area contributed by atoms with Gasteiger partial charge in [0, 0.05) is 25.0 Å². The number of nitrogens with zero attached hydrogens (tertiary/aromatic N) is 2. The zero-order valence-corrected chi connectivity index (χ0v) is 17.2. The largest absolute Gasteiger partial charge is 0.511 e. The third-order valence-corrected chi connectivity index (χ3v) is 6.26. The molecule has 2 aromatic rings. The van der Waals surface area contributed by atoms with Crippen LogP contribution in [0.1, 0.15) is 18.9 Å². The Hall–Kier alpha value is -3.47. The number of carboxylic acid groups (broad SMARTS) is 1. The molecule has 1 saturated carbocycles. The number of ether oxygens (including phenoxy) is 2. The molecule has 1 aromatic heterocycles. The fourth-order valence-electron chi connectivity index (χ4n) is 4.66. The average Bonchev–Trinajstić information content (AvgIpc) is 3.50. The number of hydrogen-bond acceptors (Lipinski definition) is 6. The van der Waals surface area contributed by atoms with Gasteiger partial charge in [-0.3, -0.25) is 4.79 Å². The smallest absolute Gasteiger partial charge is 0.449 e. The van der Waals surface area contributed by atoms with Gasteiger partial charge in [-0.2, -0.15) is 8.78 Å². The van der Waals surface area contributed by atoms with E-state index in [-0.39, 0.29) is 41.6 Å². The standard InChI is InChI=1S/C22H20F3N3O5/c23-14-7-13-16(28(12-4-5-12)9-15(18(13)29)32-21(30)31)19(33-20(24)25)17(14)27-8-11-3-1-2-6-22(11,26)10-27/h1-3,6-7,9,11-12,20H,4-5,8,10,26H2,(H,30,31). The zero-order valence-electron chi connectivity index (χ0n) is 17.2. The summed E-state index contributed by atoms with van der Waals surface area (Å²) in [6.07, 6.45) is 8.03. The van der Waals surface area contributed by atoms with Crippen molar-refractivity contribution < 1.29 is 32.5 Å². The number of aromatic nitrogens is 1. The molecule has 2 unspecified atom stereocenters. The lowest BCUT2D eigenvalue weighted by Gasteiger charge is -2.27. The van der Waals surface area contributed by atoms with E-state index in [0.29, 0.717) is 12.8 Å². The van der Waals surface area contributed by atoms with Crippen LogP contribution in [-0.4, -0.2) is 41.1 Å². The van der Waals surface area contributed by atoms with Gasteiger partial charge < -0.3 is 29.8 Å². The van der Waals surface area contributed by atoms with Crippen molar-refractivity contribution in [3.8, 4) is 11.5 Å². The fourth-order valence-corrected chi connectivity index (χ4v) is 4.66. The van der Waals surface area contributed by atoms with Crippen LogP contribution >= 0.6 is 0 Å². The summed E-state index contributed by atoms with van der Waals surface area (Å²) in [5, 5.41) is 8.64. The minimum absolute atomic E-state index is 0.0380. The summed E-state index contributed by atoms with van der Waals surface area (Å²) in [6, 6.07) is 0.714. The first-order valence-corrected chi connectivity index (χ1v) is 10.3. The summed E-state index contributed by atoms with van der Waals surface area (Å²) in [4.78, 5) is 25.4. The number of nitrogens with two attached hydrogens (primary N) is 1. The second kappa shape index (κ2) is 7.55. The maximum atomic E-state index is 15.5. The Labute approximate surface area is 185 Å². The predicted octanol–water partition coefficient (Wildman–Crippen LogP) is 3.39. The van der Waals surface area contributed by atoms with E-state index in [1.165, 1.54) is 4.57 Å². The lowest BCUT2D eigenvalue weighted by molar-refractivity contribution is -0.0488. The second-order valence-electron chi connectivity index (χ2n) is 8.48. The zero-order chi connectivity index (χ0) is 23.5. The number of anilines is 1. The first-order chi connectivity index (χ1) is 15.7. The molecule has 2 aliphatic carbocycles. The van der Waals surface area contributed by atoms with Crippen molar-refractivity contribution in [2.24, 2.45) is 11.7 Å². The summed E-state index contributed by atoms with van der Waals surface area (Å²) in [6.45, 7) is -2.88. The molecular weight excluding hydrogens is 443 g/mol. The minimum Gasteiger partial charge on any atom is -0.449 e. The summed E-state index contributed by atoms with van der Waals surface area (Å²) >= 11 is 0. The Balaban J connectivity index is 1.75. The number of halogens is 3. The molecular formula is C22H20F3N3O5. The molecule has 0 spiro atoms. The van der Waals surface area contributed by atoms with Gasteiger partial charge in [0.05, 0.1) is 22.6 Å². The number of alkyl halides is 2. The van der Waals surface area contributed by atoms with Crippen LogP contribution in [0.15, 0.2) is 41.4 Å². The number of hydrogen-bond donors (Lipinski definition) is 2. The molecule has 0 radical (unpaired) electrons. The van der Waals surface area contributed by atoms with Crippen LogP contribution in [0.4, 0.5) is 23.7 Å². The van der Waals surface area contributed by atoms with Crippen molar-refractivity contribution in [3.05, 3.63) is 52.6 Å². The third kappa shape index (κ3) is 3.62. The highest BCUT2D eigenvalue weighted by atomic mass is 19.3. The first kappa shape index (κ1) is 21.4. The summed E-state index contributed by atoms with van der Waals surface area (Å²) < 4.78 is 53.3. The van der Waals surface area contributed by atoms with E-state index < -0.39 is 41.1 Å². The molecule has 33 heavy (non-hydrogen) atoms. The summed E-state index contributed by atoms with van der Waals surface area (Å²) in [5.41, 5.74) is 4.46. The van der Waals surface area contributed by atoms with Crippen LogP contribution < -0.4 is 25.5 Å². The highest BCUT2D eigenvalue weighted by Gasteiger charge is 2.44. The predicted molar refractivity (Wildman–Crippen MR) is 113 cm³/mol. The number of allylic oxidation sites excluding steroid dienone is 2. The van der Waals surface area contributed by atoms with Gasteiger partial charge >= 0.3 is 12.8 Å². The molecule has 1 saturated heterocycles. The molecule has 0 amide bonds. The summed E-state index contributed by atoms with van der Waals surface area (Å²) in [5.74, 6) is -2.16. The highest BCUT2D eigenvalue weighted by Crippen LogP contribution is 2.46. The molecule has 1 aromatic carbocycles. The van der Waals surface area contributed by atoms with E-state index in [1.54, 1.807) is 17.1 Å². The quantitative estimate of drug-likeness (QED) is 0.655. The lowest BCUT2D eigenvalue weighted by atomic mass is 9.85. The van der Waals surface area contributed by atoms with Crippen LogP contribution in [0.3, 0.4) is 0 Å². The van der Waals surface area contributed by atoms with Gasteiger partial charge in [0.15, 0.2) is 17.3 Å². The van der Waals surface area contributed by atoms with Crippen LogP contribution in [0.2, 0.25) is 0 Å². The fraction of sp³-hybridized carbons (Fsp3) is 0.364. The number of rotatable bonds is 5. The van der Waals surface area contributed by atoms with Crippen LogP contribution in [0.25, 0.3) is 10.9 Å². The maximum Gasteiger partial charge on any atom is 0.511 e. The molecule has 8 nitrogen and oxygen atoms in total. The van der Waals surface area contributed by atoms with Crippen molar-refractivity contribution >= 4 is 22.7 Å². The van der Waals surface area contributed by atoms with Gasteiger partial charge in [-0.1, -0.05) is 24.3 Å². The van der Waals surface area contributed by atoms with E-state index >= 15 is 4.39 Å². The Morgan fingerprint density at radius 2 is 2.06 bits per heavy atom. The molecule has 3 aliphatic rings. The topological polar surface area (TPSA) is 107 Å². The molecule has 0 bridgehead atoms. The Bertz CT molecular complexity index is 1270. The highest BCUT2D eigenvalue weighted by molar-refractivity contribution is 5.93. The van der Waals surface area contributed by atoms with Crippen molar-refractivity contribution in [3.63, 3.8) is 0 Å². The van der Waals surface area contributed by atoms with Gasteiger partial charge in [0.2, 0.25) is 5.43 Å². The molecule has 1 aliphatic heterocycles. The Morgan fingerprint density at radius 1 is 1.30 bits per heavy atom. The van der Waals surface area contributed by atoms with Gasteiger partial charge in [0.1, 0.15) is 5.69 Å². The van der Waals surface area contributed by atoms with E-state index in [4.69, 9.17) is 15.6 Å². The number of benzene rings is 1. The van der Waals surface area contributed by atoms with Crippen molar-refractivity contribution in [1.82, 2.24) is 4.57 Å². The van der Waals surface area contributed by atoms with Crippen LogP contribution in [0.5, 0.6) is 11.5 Å². The molecule has 11 heteroatoms. The third-order valence-electron chi connectivity index (χ3n) is 6.26. The SMILES string of the molecule is NC12C=CC=CC1CN(c1c(F)cc3c(=O)c(OC(=O)O)cn(C4CC4)c3c1OC(F)F)C2. The van der Waals surface area contributed by atoms with Crippen molar-refractivity contribution in [2.75, 3.05) is 18.0 Å². The molecule has 5 rings (SSSR count). The monoisotopic (exact) mass is 463 g/mol. The van der Waals surface area contributed by atoms with Crippen molar-refractivity contribution in [1.29, 1.82) is 0 Å². The van der Waals surface area contributed by atoms with E-state index in [2.05, 4.69) is 4.74 Å². The van der Waals surface area contributed by atoms with E-state index in [0.717, 1.165) is 12.3 Å². The number of carbonyl (C=O) groups is 1. The minimum atomic E-state index is -3.29. The Morgan fingerprint density at radius 3 is 2.70 bits per heavy atom. The molecule has 2 heterocycles. The van der Waals surface area contributed by atoms with E-state index in [9.17, 15) is 18.4 Å². The van der Waals surface area contributed by atoms with Crippen LogP contribution in [-0.2, 0) is 0 Å². The molecule has 174 valence electrons. The Kier molecular flexibility index (Phi) is 4.89. The van der Waals surface area contributed by atoms with Gasteiger partial charge in [-0.25, -0.2) is 9.18 Å². The van der Waals surface area contributed by atoms with Gasteiger partial charge in [0.25, 0.3) is 0 Å². The average molecular weight is 463 g/mol. The van der Waals surface area contributed by atoms with Gasteiger partial charge in [-0.05, 0) is 18.9 Å². The number of pyridine rings is 1. The normalized spacial score (nSPS) is 23.9. The molecule has 2 fully saturated rings. The van der Waals surface area contributed by atoms with Crippen LogP contribution in [0, 0.1) is 11.7 Å². The summed E-state index contributed by atoms with van der Waals surface area (Å²) in [7, 11) is 0. The maximum absolute atomic E-state index is 15.5. The molecule has 3 N–H and O–H groups in total. The lowest BCUT2D eigenvalue weighted by Crippen LogP contribution is -2.46. The van der Waals surface area contributed by atoms with Crippen molar-refractivity contribution in [2.45, 2.75) is 31.0 Å².